The largest absolute Gasteiger partial charge is 0.506 e. The number of rotatable bonds is 3. The molecule has 1 aromatic carbocycles. The normalized spacial score (nSPS) is 11.4. The van der Waals surface area contributed by atoms with Crippen molar-refractivity contribution < 1.29 is 23.8 Å². The molecule has 0 aromatic heterocycles. The molecule has 0 atom stereocenters. The van der Waals surface area contributed by atoms with Gasteiger partial charge in [-0.15, -0.1) is 0 Å². The van der Waals surface area contributed by atoms with Gasteiger partial charge in [-0.3, -0.25) is 4.79 Å². The van der Waals surface area contributed by atoms with Crippen molar-refractivity contribution in [2.75, 3.05) is 0 Å². The number of hydrogen-bond donors (Lipinski definition) is 2. The van der Waals surface area contributed by atoms with Gasteiger partial charge in [-0.2, -0.15) is 0 Å². The Morgan fingerprint density at radius 3 is 2.53 bits per heavy atom. The molecular weight excluding hydrogens is 230 g/mol. The summed E-state index contributed by atoms with van der Waals surface area (Å²) in [7, 11) is 0. The summed E-state index contributed by atoms with van der Waals surface area (Å²) < 4.78 is 26.4. The van der Waals surface area contributed by atoms with Crippen molar-refractivity contribution in [1.82, 2.24) is 0 Å². The Morgan fingerprint density at radius 1 is 1.47 bits per heavy atom. The Bertz CT molecular complexity index is 393. The summed E-state index contributed by atoms with van der Waals surface area (Å²) in [5.41, 5.74) is -0.535. The van der Waals surface area contributed by atoms with Crippen LogP contribution in [0.25, 0.3) is 0 Å². The summed E-state index contributed by atoms with van der Waals surface area (Å²) in [5.74, 6) is -5.43. The third-order valence-corrected chi connectivity index (χ3v) is 2.05. The lowest BCUT2D eigenvalue weighted by Gasteiger charge is -2.14. The molecule has 15 heavy (non-hydrogen) atoms. The maximum Gasteiger partial charge on any atom is 0.309 e. The van der Waals surface area contributed by atoms with E-state index in [1.165, 1.54) is 0 Å². The minimum absolute atomic E-state index is 0.238. The molecule has 0 saturated heterocycles. The van der Waals surface area contributed by atoms with Crippen molar-refractivity contribution in [2.45, 2.75) is 12.3 Å². The second kappa shape index (κ2) is 4.02. The molecule has 82 valence electrons. The molecule has 0 aliphatic carbocycles. The van der Waals surface area contributed by atoms with Gasteiger partial charge in [0.1, 0.15) is 12.2 Å². The van der Waals surface area contributed by atoms with E-state index in [1.807, 2.05) is 0 Å². The number of phenols is 1. The zero-order chi connectivity index (χ0) is 11.6. The van der Waals surface area contributed by atoms with Crippen molar-refractivity contribution in [2.24, 2.45) is 0 Å². The minimum Gasteiger partial charge on any atom is -0.506 e. The van der Waals surface area contributed by atoms with Gasteiger partial charge >= 0.3 is 5.97 Å². The third kappa shape index (κ3) is 2.79. The molecule has 0 aliphatic heterocycles. The van der Waals surface area contributed by atoms with Crippen molar-refractivity contribution >= 4 is 17.6 Å². The first-order valence-electron chi connectivity index (χ1n) is 3.91. The van der Waals surface area contributed by atoms with Gasteiger partial charge < -0.3 is 10.2 Å². The number of carboxylic acid groups (broad SMARTS) is 1. The predicted octanol–water partition coefficient (Wildman–Crippen LogP) is 2.61. The number of carboxylic acids is 1. The lowest BCUT2D eigenvalue weighted by molar-refractivity contribution is -0.145. The molecular formula is C9H7ClF2O3. The van der Waals surface area contributed by atoms with Crippen LogP contribution in [0, 0.1) is 0 Å². The Kier molecular flexibility index (Phi) is 3.14. The fourth-order valence-corrected chi connectivity index (χ4v) is 1.21. The SMILES string of the molecule is O=C(O)CC(F)(F)c1ccc(O)c(Cl)c1. The highest BCUT2D eigenvalue weighted by Gasteiger charge is 2.34. The van der Waals surface area contributed by atoms with Gasteiger partial charge in [0.25, 0.3) is 5.92 Å². The monoisotopic (exact) mass is 236 g/mol. The second-order valence-electron chi connectivity index (χ2n) is 2.94. The van der Waals surface area contributed by atoms with Gasteiger partial charge in [-0.25, -0.2) is 8.78 Å². The molecule has 0 amide bonds. The summed E-state index contributed by atoms with van der Waals surface area (Å²) in [6.07, 6.45) is -1.31. The Labute approximate surface area is 88.9 Å². The maximum atomic E-state index is 13.2. The maximum absolute atomic E-state index is 13.2. The fraction of sp³-hybridized carbons (Fsp3) is 0.222. The number of hydrogen-bond acceptors (Lipinski definition) is 2. The van der Waals surface area contributed by atoms with Crippen LogP contribution in [-0.2, 0) is 10.7 Å². The molecule has 1 aromatic rings. The van der Waals surface area contributed by atoms with Crippen LogP contribution in [0.4, 0.5) is 8.78 Å². The zero-order valence-electron chi connectivity index (χ0n) is 7.38. The molecule has 1 rings (SSSR count). The number of aliphatic carboxylic acids is 1. The van der Waals surface area contributed by atoms with Crippen LogP contribution in [-0.4, -0.2) is 16.2 Å². The molecule has 0 aliphatic rings. The van der Waals surface area contributed by atoms with Crippen LogP contribution in [0.15, 0.2) is 18.2 Å². The first kappa shape index (κ1) is 11.7. The predicted molar refractivity (Wildman–Crippen MR) is 49.3 cm³/mol. The molecule has 0 saturated carbocycles. The molecule has 0 bridgehead atoms. The topological polar surface area (TPSA) is 57.5 Å². The number of carbonyl (C=O) groups is 1. The van der Waals surface area contributed by atoms with Crippen molar-refractivity contribution in [3.05, 3.63) is 28.8 Å². The van der Waals surface area contributed by atoms with Gasteiger partial charge in [-0.1, -0.05) is 11.6 Å². The van der Waals surface area contributed by atoms with Gasteiger partial charge in [0.2, 0.25) is 0 Å². The number of aromatic hydroxyl groups is 1. The van der Waals surface area contributed by atoms with Crippen LogP contribution in [0.3, 0.4) is 0 Å². The first-order chi connectivity index (χ1) is 6.83. The van der Waals surface area contributed by atoms with Crippen LogP contribution < -0.4 is 0 Å². The number of phenolic OH excluding ortho intramolecular Hbond substituents is 1. The number of alkyl halides is 2. The Balaban J connectivity index is 3.04. The zero-order valence-corrected chi connectivity index (χ0v) is 8.13. The van der Waals surface area contributed by atoms with Gasteiger partial charge in [-0.05, 0) is 18.2 Å². The Morgan fingerprint density at radius 2 is 2.07 bits per heavy atom. The summed E-state index contributed by atoms with van der Waals surface area (Å²) in [6.45, 7) is 0. The average molecular weight is 237 g/mol. The van der Waals surface area contributed by atoms with Gasteiger partial charge in [0, 0.05) is 5.56 Å². The van der Waals surface area contributed by atoms with Crippen LogP contribution in [0.2, 0.25) is 5.02 Å². The second-order valence-corrected chi connectivity index (χ2v) is 3.35. The van der Waals surface area contributed by atoms with E-state index < -0.39 is 23.9 Å². The molecule has 0 heterocycles. The average Bonchev–Trinajstić information content (AvgIpc) is 2.07. The van der Waals surface area contributed by atoms with Crippen molar-refractivity contribution in [1.29, 1.82) is 0 Å². The standard InChI is InChI=1S/C9H7ClF2O3/c10-6-3-5(1-2-7(6)13)9(11,12)4-8(14)15/h1-3,13H,4H2,(H,14,15). The smallest absolute Gasteiger partial charge is 0.309 e. The van der Waals surface area contributed by atoms with Gasteiger partial charge in [0.05, 0.1) is 5.02 Å². The third-order valence-electron chi connectivity index (χ3n) is 1.74. The van der Waals surface area contributed by atoms with Crippen LogP contribution in [0.1, 0.15) is 12.0 Å². The molecule has 0 unspecified atom stereocenters. The highest BCUT2D eigenvalue weighted by molar-refractivity contribution is 6.32. The van der Waals surface area contributed by atoms with Crippen molar-refractivity contribution in [3.63, 3.8) is 0 Å². The lowest BCUT2D eigenvalue weighted by Crippen LogP contribution is -2.18. The van der Waals surface area contributed by atoms with Crippen LogP contribution in [0.5, 0.6) is 5.75 Å². The highest BCUT2D eigenvalue weighted by Crippen LogP contribution is 2.35. The first-order valence-corrected chi connectivity index (χ1v) is 4.29. The summed E-state index contributed by atoms with van der Waals surface area (Å²) in [5, 5.41) is 17.0. The van der Waals surface area contributed by atoms with E-state index in [2.05, 4.69) is 0 Å². The fourth-order valence-electron chi connectivity index (χ4n) is 1.03. The van der Waals surface area contributed by atoms with Crippen molar-refractivity contribution in [3.8, 4) is 5.75 Å². The number of halogens is 3. The molecule has 0 radical (unpaired) electrons. The van der Waals surface area contributed by atoms with E-state index in [4.69, 9.17) is 21.8 Å². The van der Waals surface area contributed by atoms with Gasteiger partial charge in [0.15, 0.2) is 0 Å². The molecule has 6 heteroatoms. The quantitative estimate of drug-likeness (QED) is 0.848. The molecule has 0 fully saturated rings. The van der Waals surface area contributed by atoms with E-state index in [9.17, 15) is 13.6 Å². The summed E-state index contributed by atoms with van der Waals surface area (Å²) in [6, 6.07) is 2.78. The van der Waals surface area contributed by atoms with E-state index in [0.717, 1.165) is 18.2 Å². The summed E-state index contributed by atoms with van der Waals surface area (Å²) in [4.78, 5) is 10.2. The Hall–Kier alpha value is -1.36. The van der Waals surface area contributed by atoms with E-state index in [1.54, 1.807) is 0 Å². The van der Waals surface area contributed by atoms with Crippen LogP contribution >= 0.6 is 11.6 Å². The molecule has 0 spiro atoms. The van der Waals surface area contributed by atoms with E-state index >= 15 is 0 Å². The van der Waals surface area contributed by atoms with E-state index in [-0.39, 0.29) is 10.8 Å². The highest BCUT2D eigenvalue weighted by atomic mass is 35.5. The number of benzene rings is 1. The molecule has 3 nitrogen and oxygen atoms in total. The summed E-state index contributed by atoms with van der Waals surface area (Å²) >= 11 is 5.43. The lowest BCUT2D eigenvalue weighted by atomic mass is 10.1. The van der Waals surface area contributed by atoms with E-state index in [0.29, 0.717) is 0 Å². The molecule has 2 N–H and O–H groups in total. The minimum atomic E-state index is -3.50.